The number of fused-ring (bicyclic) bond motifs is 1. The third-order valence-corrected chi connectivity index (χ3v) is 6.87. The molecule has 0 aliphatic carbocycles. The van der Waals surface area contributed by atoms with Crippen molar-refractivity contribution >= 4 is 34.4 Å². The molecule has 35 heavy (non-hydrogen) atoms. The Morgan fingerprint density at radius 1 is 0.971 bits per heavy atom. The Bertz CT molecular complexity index is 1450. The molecule has 3 aromatic carbocycles. The molecule has 0 fully saturated rings. The highest BCUT2D eigenvalue weighted by Crippen LogP contribution is 2.22. The first-order valence-electron chi connectivity index (χ1n) is 11.4. The number of rotatable bonds is 8. The standard InChI is InChI=1S/C28H27N3O3S/c1-18-13-14-22(15-19(18)2)31-27(34)23-11-7-8-12-24(23)30-28(31)35-17-26(33)29-25(20(3)32)16-21-9-5-4-6-10-21/h4-15,25H,16-17H2,1-3H3,(H,29,33). The van der Waals surface area contributed by atoms with Crippen LogP contribution in [0.15, 0.2) is 82.7 Å². The van der Waals surface area contributed by atoms with Crippen molar-refractivity contribution < 1.29 is 9.59 Å². The number of Topliss-reactive ketones (excluding diaryl/α,β-unsaturated/α-hetero) is 1. The third-order valence-electron chi connectivity index (χ3n) is 5.93. The van der Waals surface area contributed by atoms with Crippen molar-refractivity contribution in [2.24, 2.45) is 0 Å². The number of ketones is 1. The summed E-state index contributed by atoms with van der Waals surface area (Å²) in [7, 11) is 0. The van der Waals surface area contributed by atoms with Crippen LogP contribution < -0.4 is 10.9 Å². The summed E-state index contributed by atoms with van der Waals surface area (Å²) in [6, 6.07) is 21.9. The van der Waals surface area contributed by atoms with Crippen molar-refractivity contribution in [3.8, 4) is 5.69 Å². The number of nitrogens with zero attached hydrogens (tertiary/aromatic N) is 2. The molecule has 0 spiro atoms. The van der Waals surface area contributed by atoms with Gasteiger partial charge in [0.25, 0.3) is 5.56 Å². The first-order chi connectivity index (χ1) is 16.8. The SMILES string of the molecule is CC(=O)C(Cc1ccccc1)NC(=O)CSc1nc2ccccc2c(=O)n1-c1ccc(C)c(C)c1. The Hall–Kier alpha value is -3.71. The van der Waals surface area contributed by atoms with Gasteiger partial charge in [-0.2, -0.15) is 0 Å². The fourth-order valence-corrected chi connectivity index (χ4v) is 4.64. The topological polar surface area (TPSA) is 81.1 Å². The predicted molar refractivity (Wildman–Crippen MR) is 140 cm³/mol. The summed E-state index contributed by atoms with van der Waals surface area (Å²) in [5, 5.41) is 3.78. The Kier molecular flexibility index (Phi) is 7.46. The Morgan fingerprint density at radius 2 is 1.69 bits per heavy atom. The summed E-state index contributed by atoms with van der Waals surface area (Å²) in [4.78, 5) is 43.1. The van der Waals surface area contributed by atoms with Crippen molar-refractivity contribution in [1.29, 1.82) is 0 Å². The van der Waals surface area contributed by atoms with Gasteiger partial charge < -0.3 is 5.32 Å². The minimum Gasteiger partial charge on any atom is -0.345 e. The lowest BCUT2D eigenvalue weighted by Gasteiger charge is -2.17. The molecule has 7 heteroatoms. The largest absolute Gasteiger partial charge is 0.345 e. The Morgan fingerprint density at radius 3 is 2.40 bits per heavy atom. The molecule has 1 heterocycles. The van der Waals surface area contributed by atoms with Crippen LogP contribution in [0.25, 0.3) is 16.6 Å². The number of benzene rings is 3. The number of aryl methyl sites for hydroxylation is 2. The maximum absolute atomic E-state index is 13.4. The third kappa shape index (κ3) is 5.69. The lowest BCUT2D eigenvalue weighted by Crippen LogP contribution is -2.42. The molecule has 0 saturated carbocycles. The second kappa shape index (κ2) is 10.7. The second-order valence-corrected chi connectivity index (χ2v) is 9.47. The summed E-state index contributed by atoms with van der Waals surface area (Å²) in [6.45, 7) is 5.48. The molecule has 0 saturated heterocycles. The molecule has 1 N–H and O–H groups in total. The Labute approximate surface area is 208 Å². The average molecular weight is 486 g/mol. The van der Waals surface area contributed by atoms with E-state index in [9.17, 15) is 14.4 Å². The number of carbonyl (C=O) groups is 2. The van der Waals surface area contributed by atoms with Gasteiger partial charge in [0, 0.05) is 0 Å². The molecule has 1 aromatic heterocycles. The number of para-hydroxylation sites is 1. The van der Waals surface area contributed by atoms with E-state index < -0.39 is 6.04 Å². The zero-order valence-electron chi connectivity index (χ0n) is 19.9. The maximum Gasteiger partial charge on any atom is 0.266 e. The molecule has 6 nitrogen and oxygen atoms in total. The molecule has 4 aromatic rings. The number of thioether (sulfide) groups is 1. The number of nitrogens with one attached hydrogen (secondary N) is 1. The van der Waals surface area contributed by atoms with E-state index in [1.807, 2.05) is 74.5 Å². The number of hydrogen-bond donors (Lipinski definition) is 1. The fourth-order valence-electron chi connectivity index (χ4n) is 3.81. The van der Waals surface area contributed by atoms with E-state index in [2.05, 4.69) is 5.32 Å². The summed E-state index contributed by atoms with van der Waals surface area (Å²) in [5.41, 5.74) is 4.24. The van der Waals surface area contributed by atoms with E-state index >= 15 is 0 Å². The van der Waals surface area contributed by atoms with Crippen molar-refractivity contribution in [3.63, 3.8) is 0 Å². The smallest absolute Gasteiger partial charge is 0.266 e. The van der Waals surface area contributed by atoms with Gasteiger partial charge in [-0.15, -0.1) is 0 Å². The maximum atomic E-state index is 13.4. The number of carbonyl (C=O) groups excluding carboxylic acids is 2. The van der Waals surface area contributed by atoms with E-state index in [1.165, 1.54) is 18.7 Å². The van der Waals surface area contributed by atoms with Crippen LogP contribution in [0.2, 0.25) is 0 Å². The average Bonchev–Trinajstić information content (AvgIpc) is 2.85. The fraction of sp³-hybridized carbons (Fsp3) is 0.214. The summed E-state index contributed by atoms with van der Waals surface area (Å²) < 4.78 is 1.55. The predicted octanol–water partition coefficient (Wildman–Crippen LogP) is 4.41. The first-order valence-corrected chi connectivity index (χ1v) is 12.4. The van der Waals surface area contributed by atoms with Crippen molar-refractivity contribution in [2.45, 2.75) is 38.4 Å². The molecule has 178 valence electrons. The monoisotopic (exact) mass is 485 g/mol. The van der Waals surface area contributed by atoms with Gasteiger partial charge in [-0.25, -0.2) is 4.98 Å². The number of amides is 1. The van der Waals surface area contributed by atoms with Gasteiger partial charge in [0.05, 0.1) is 28.4 Å². The second-order valence-electron chi connectivity index (χ2n) is 8.53. The highest BCUT2D eigenvalue weighted by Gasteiger charge is 2.19. The lowest BCUT2D eigenvalue weighted by atomic mass is 10.0. The van der Waals surface area contributed by atoms with Crippen LogP contribution in [0.1, 0.15) is 23.6 Å². The minimum atomic E-state index is -0.614. The molecule has 1 amide bonds. The first kappa shape index (κ1) is 24.4. The van der Waals surface area contributed by atoms with Gasteiger partial charge >= 0.3 is 0 Å². The van der Waals surface area contributed by atoms with E-state index in [0.717, 1.165) is 16.7 Å². The summed E-state index contributed by atoms with van der Waals surface area (Å²) >= 11 is 1.18. The molecule has 1 unspecified atom stereocenters. The molecule has 0 bridgehead atoms. The normalized spacial score (nSPS) is 11.9. The number of hydrogen-bond acceptors (Lipinski definition) is 5. The zero-order chi connectivity index (χ0) is 24.9. The molecular formula is C28H27N3O3S. The lowest BCUT2D eigenvalue weighted by molar-refractivity contribution is -0.125. The Balaban J connectivity index is 1.60. The van der Waals surface area contributed by atoms with Gasteiger partial charge in [0.2, 0.25) is 5.91 Å². The zero-order valence-corrected chi connectivity index (χ0v) is 20.8. The van der Waals surface area contributed by atoms with Gasteiger partial charge in [0.1, 0.15) is 0 Å². The highest BCUT2D eigenvalue weighted by atomic mass is 32.2. The van der Waals surface area contributed by atoms with E-state index in [1.54, 1.807) is 16.7 Å². The molecule has 0 aliphatic heterocycles. The molecule has 1 atom stereocenters. The van der Waals surface area contributed by atoms with Crippen molar-refractivity contribution in [2.75, 3.05) is 5.75 Å². The van der Waals surface area contributed by atoms with Gasteiger partial charge in [0.15, 0.2) is 10.9 Å². The van der Waals surface area contributed by atoms with Gasteiger partial charge in [-0.05, 0) is 68.1 Å². The van der Waals surface area contributed by atoms with Crippen LogP contribution in [0.3, 0.4) is 0 Å². The van der Waals surface area contributed by atoms with Crippen LogP contribution in [0.4, 0.5) is 0 Å². The van der Waals surface area contributed by atoms with Crippen LogP contribution in [-0.4, -0.2) is 33.0 Å². The number of aromatic nitrogens is 2. The van der Waals surface area contributed by atoms with Crippen LogP contribution >= 0.6 is 11.8 Å². The minimum absolute atomic E-state index is 0.0220. The van der Waals surface area contributed by atoms with E-state index in [0.29, 0.717) is 28.2 Å². The van der Waals surface area contributed by atoms with Crippen LogP contribution in [-0.2, 0) is 16.0 Å². The van der Waals surface area contributed by atoms with Crippen LogP contribution in [0, 0.1) is 13.8 Å². The molecule has 0 radical (unpaired) electrons. The van der Waals surface area contributed by atoms with E-state index in [4.69, 9.17) is 4.98 Å². The molecular weight excluding hydrogens is 458 g/mol. The van der Waals surface area contributed by atoms with Crippen LogP contribution in [0.5, 0.6) is 0 Å². The highest BCUT2D eigenvalue weighted by molar-refractivity contribution is 7.99. The van der Waals surface area contributed by atoms with E-state index in [-0.39, 0.29) is 23.0 Å². The summed E-state index contributed by atoms with van der Waals surface area (Å²) in [5.74, 6) is -0.378. The van der Waals surface area contributed by atoms with Crippen molar-refractivity contribution in [3.05, 3.63) is 99.8 Å². The molecule has 4 rings (SSSR count). The quantitative estimate of drug-likeness (QED) is 0.295. The molecule has 0 aliphatic rings. The summed E-state index contributed by atoms with van der Waals surface area (Å²) in [6.07, 6.45) is 0.425. The van der Waals surface area contributed by atoms with Gasteiger partial charge in [-0.1, -0.05) is 60.3 Å². The van der Waals surface area contributed by atoms with Crippen molar-refractivity contribution in [1.82, 2.24) is 14.9 Å². The van der Waals surface area contributed by atoms with Gasteiger partial charge in [-0.3, -0.25) is 19.0 Å².